The van der Waals surface area contributed by atoms with Crippen LogP contribution in [0.1, 0.15) is 30.2 Å². The molecular formula is C18H17Cl2N5O2. The van der Waals surface area contributed by atoms with E-state index in [-0.39, 0.29) is 12.6 Å². The van der Waals surface area contributed by atoms with Crippen molar-refractivity contribution in [2.24, 2.45) is 0 Å². The molecule has 2 amide bonds. The Morgan fingerprint density at radius 2 is 1.96 bits per heavy atom. The monoisotopic (exact) mass is 405 g/mol. The third-order valence-electron chi connectivity index (χ3n) is 3.80. The minimum Gasteiger partial charge on any atom is -0.343 e. The molecule has 0 saturated carbocycles. The summed E-state index contributed by atoms with van der Waals surface area (Å²) in [5.74, 6) is -0.830. The fraction of sp³-hybridized carbons (Fsp3) is 0.222. The second kappa shape index (κ2) is 7.94. The molecule has 2 N–H and O–H groups in total. The van der Waals surface area contributed by atoms with Gasteiger partial charge in [-0.25, -0.2) is 9.67 Å². The van der Waals surface area contributed by atoms with Crippen molar-refractivity contribution < 1.29 is 9.59 Å². The van der Waals surface area contributed by atoms with E-state index in [4.69, 9.17) is 23.2 Å². The number of carbonyl (C=O) groups excluding carboxylic acids is 2. The van der Waals surface area contributed by atoms with Gasteiger partial charge < -0.3 is 10.6 Å². The van der Waals surface area contributed by atoms with E-state index in [1.54, 1.807) is 29.1 Å². The third kappa shape index (κ3) is 4.37. The molecule has 0 aliphatic heterocycles. The largest absolute Gasteiger partial charge is 0.343 e. The molecule has 0 unspecified atom stereocenters. The smallest absolute Gasteiger partial charge is 0.253 e. The lowest BCUT2D eigenvalue weighted by atomic mass is 10.2. The second-order valence-corrected chi connectivity index (χ2v) is 7.02. The molecule has 2 aromatic heterocycles. The zero-order valence-corrected chi connectivity index (χ0v) is 16.2. The van der Waals surface area contributed by atoms with Crippen LogP contribution in [0.15, 0.2) is 36.7 Å². The average Bonchev–Trinajstić information content (AvgIpc) is 3.06. The Bertz CT molecular complexity index is 1020. The number of carbonyl (C=O) groups is 2. The number of benzene rings is 1. The first-order chi connectivity index (χ1) is 12.8. The van der Waals surface area contributed by atoms with Gasteiger partial charge in [0.15, 0.2) is 5.65 Å². The summed E-state index contributed by atoms with van der Waals surface area (Å²) in [5, 5.41) is 11.0. The number of hydrogen-bond donors (Lipinski definition) is 2. The van der Waals surface area contributed by atoms with Gasteiger partial charge in [0.1, 0.15) is 0 Å². The minimum atomic E-state index is -0.422. The zero-order valence-electron chi connectivity index (χ0n) is 14.7. The van der Waals surface area contributed by atoms with Gasteiger partial charge in [-0.3, -0.25) is 9.59 Å². The third-order valence-corrected chi connectivity index (χ3v) is 4.36. The molecular weight excluding hydrogens is 389 g/mol. The van der Waals surface area contributed by atoms with Gasteiger partial charge in [0.2, 0.25) is 5.91 Å². The maximum absolute atomic E-state index is 12.3. The molecule has 0 bridgehead atoms. The first kappa shape index (κ1) is 19.1. The zero-order chi connectivity index (χ0) is 19.6. The Labute approximate surface area is 165 Å². The summed E-state index contributed by atoms with van der Waals surface area (Å²) < 4.78 is 1.78. The number of anilines is 1. The van der Waals surface area contributed by atoms with Crippen LogP contribution in [0.3, 0.4) is 0 Å². The highest BCUT2D eigenvalue weighted by molar-refractivity contribution is 6.35. The van der Waals surface area contributed by atoms with Crippen LogP contribution in [0.4, 0.5) is 5.69 Å². The normalized spacial score (nSPS) is 11.0. The van der Waals surface area contributed by atoms with Crippen molar-refractivity contribution in [1.82, 2.24) is 20.1 Å². The molecule has 1 aromatic carbocycles. The lowest BCUT2D eigenvalue weighted by Crippen LogP contribution is -2.33. The molecule has 7 nitrogen and oxygen atoms in total. The fourth-order valence-corrected chi connectivity index (χ4v) is 2.83. The van der Waals surface area contributed by atoms with Crippen LogP contribution in [-0.4, -0.2) is 33.1 Å². The summed E-state index contributed by atoms with van der Waals surface area (Å²) in [7, 11) is 0. The van der Waals surface area contributed by atoms with Crippen LogP contribution in [0.25, 0.3) is 11.0 Å². The highest BCUT2D eigenvalue weighted by atomic mass is 35.5. The summed E-state index contributed by atoms with van der Waals surface area (Å²) in [6.45, 7) is 3.78. The van der Waals surface area contributed by atoms with E-state index < -0.39 is 11.8 Å². The van der Waals surface area contributed by atoms with Gasteiger partial charge in [0.25, 0.3) is 5.91 Å². The van der Waals surface area contributed by atoms with Crippen LogP contribution in [-0.2, 0) is 4.79 Å². The Kier molecular flexibility index (Phi) is 5.62. The summed E-state index contributed by atoms with van der Waals surface area (Å²) in [6, 6.07) is 6.59. The number of pyridine rings is 1. The van der Waals surface area contributed by atoms with Crippen molar-refractivity contribution in [3.8, 4) is 0 Å². The summed E-state index contributed by atoms with van der Waals surface area (Å²) in [4.78, 5) is 28.7. The maximum atomic E-state index is 12.3. The number of nitrogens with one attached hydrogen (secondary N) is 2. The van der Waals surface area contributed by atoms with Gasteiger partial charge in [-0.15, -0.1) is 0 Å². The van der Waals surface area contributed by atoms with E-state index in [9.17, 15) is 9.59 Å². The maximum Gasteiger partial charge on any atom is 0.253 e. The van der Waals surface area contributed by atoms with Crippen molar-refractivity contribution in [2.75, 3.05) is 11.9 Å². The van der Waals surface area contributed by atoms with Gasteiger partial charge in [-0.2, -0.15) is 5.10 Å². The molecule has 2 heterocycles. The number of aromatic nitrogens is 3. The van der Waals surface area contributed by atoms with Crippen molar-refractivity contribution in [3.63, 3.8) is 0 Å². The number of hydrogen-bond acceptors (Lipinski definition) is 4. The van der Waals surface area contributed by atoms with Gasteiger partial charge in [0, 0.05) is 22.6 Å². The quantitative estimate of drug-likeness (QED) is 0.677. The highest BCUT2D eigenvalue weighted by Gasteiger charge is 2.13. The molecule has 3 aromatic rings. The van der Waals surface area contributed by atoms with Gasteiger partial charge >= 0.3 is 0 Å². The summed E-state index contributed by atoms with van der Waals surface area (Å²) in [6.07, 6.45) is 3.12. The average molecular weight is 406 g/mol. The molecule has 0 saturated heterocycles. The van der Waals surface area contributed by atoms with E-state index in [1.807, 2.05) is 13.8 Å². The van der Waals surface area contributed by atoms with Crippen LogP contribution >= 0.6 is 23.2 Å². The Morgan fingerprint density at radius 3 is 2.70 bits per heavy atom. The van der Waals surface area contributed by atoms with E-state index in [1.165, 1.54) is 12.3 Å². The number of halogens is 2. The minimum absolute atomic E-state index is 0.164. The number of nitrogens with zero attached hydrogens (tertiary/aromatic N) is 3. The topological polar surface area (TPSA) is 88.9 Å². The highest BCUT2D eigenvalue weighted by Crippen LogP contribution is 2.25. The SMILES string of the molecule is CC(C)n1ncc2cc(C(=O)NCC(=O)Nc3cc(Cl)ccc3Cl)cnc21. The van der Waals surface area contributed by atoms with Crippen LogP contribution in [0.2, 0.25) is 10.0 Å². The standard InChI is InChI=1S/C18H17Cl2N5O2/c1-10(2)25-17-11(8-23-25)5-12(7-21-17)18(27)22-9-16(26)24-15-6-13(19)3-4-14(15)20/h3-8,10H,9H2,1-2H3,(H,22,27)(H,24,26). The van der Waals surface area contributed by atoms with Crippen molar-refractivity contribution >= 4 is 51.7 Å². The van der Waals surface area contributed by atoms with Gasteiger partial charge in [-0.05, 0) is 38.1 Å². The fourth-order valence-electron chi connectivity index (χ4n) is 2.49. The van der Waals surface area contributed by atoms with Gasteiger partial charge in [0.05, 0.1) is 29.0 Å². The van der Waals surface area contributed by atoms with Crippen LogP contribution < -0.4 is 10.6 Å². The summed E-state index contributed by atoms with van der Waals surface area (Å²) in [5.41, 5.74) is 1.43. The number of rotatable bonds is 5. The Balaban J connectivity index is 1.64. The Hall–Kier alpha value is -2.64. The van der Waals surface area contributed by atoms with Crippen molar-refractivity contribution in [3.05, 3.63) is 52.3 Å². The molecule has 140 valence electrons. The molecule has 0 spiro atoms. The predicted molar refractivity (Wildman–Crippen MR) is 105 cm³/mol. The predicted octanol–water partition coefficient (Wildman–Crippen LogP) is 3.69. The molecule has 9 heteroatoms. The Morgan fingerprint density at radius 1 is 1.19 bits per heavy atom. The van der Waals surface area contributed by atoms with Crippen molar-refractivity contribution in [2.45, 2.75) is 19.9 Å². The van der Waals surface area contributed by atoms with Crippen molar-refractivity contribution in [1.29, 1.82) is 0 Å². The summed E-state index contributed by atoms with van der Waals surface area (Å²) >= 11 is 11.9. The first-order valence-electron chi connectivity index (χ1n) is 8.21. The van der Waals surface area contributed by atoms with E-state index in [0.717, 1.165) is 5.39 Å². The van der Waals surface area contributed by atoms with Crippen LogP contribution in [0, 0.1) is 0 Å². The van der Waals surface area contributed by atoms with E-state index >= 15 is 0 Å². The molecule has 27 heavy (non-hydrogen) atoms. The number of amides is 2. The molecule has 0 aliphatic rings. The lowest BCUT2D eigenvalue weighted by Gasteiger charge is -2.09. The molecule has 0 atom stereocenters. The second-order valence-electron chi connectivity index (χ2n) is 6.17. The molecule has 0 radical (unpaired) electrons. The van der Waals surface area contributed by atoms with E-state index in [0.29, 0.717) is 26.9 Å². The lowest BCUT2D eigenvalue weighted by molar-refractivity contribution is -0.115. The number of fused-ring (bicyclic) bond motifs is 1. The molecule has 0 fully saturated rings. The van der Waals surface area contributed by atoms with E-state index in [2.05, 4.69) is 20.7 Å². The molecule has 3 rings (SSSR count). The van der Waals surface area contributed by atoms with Gasteiger partial charge in [-0.1, -0.05) is 23.2 Å². The van der Waals surface area contributed by atoms with Crippen LogP contribution in [0.5, 0.6) is 0 Å². The molecule has 0 aliphatic carbocycles. The first-order valence-corrected chi connectivity index (χ1v) is 8.97.